The number of nitrogens with zero attached hydrogens (tertiary/aromatic N) is 4. The first-order valence-electron chi connectivity index (χ1n) is 9.15. The van der Waals surface area contributed by atoms with Crippen LogP contribution in [-0.2, 0) is 16.4 Å². The van der Waals surface area contributed by atoms with Crippen molar-refractivity contribution in [2.24, 2.45) is 0 Å². The Kier molecular flexibility index (Phi) is 5.03. The molecule has 0 radical (unpaired) electrons. The van der Waals surface area contributed by atoms with E-state index in [1.807, 2.05) is 0 Å². The summed E-state index contributed by atoms with van der Waals surface area (Å²) in [6.07, 6.45) is 0. The SMILES string of the molecule is O=S(=O)(c1ccc(Cl)cc1)c1nnn2c1nc(NCc1cc(F)cc(F)c1)c1sccc12. The van der Waals surface area contributed by atoms with E-state index < -0.39 is 21.5 Å². The molecule has 0 aliphatic carbocycles. The topological polar surface area (TPSA) is 89.2 Å². The van der Waals surface area contributed by atoms with Crippen LogP contribution < -0.4 is 5.32 Å². The second kappa shape index (κ2) is 7.76. The normalized spacial score (nSPS) is 12.0. The van der Waals surface area contributed by atoms with Crippen LogP contribution in [0.3, 0.4) is 0 Å². The molecule has 0 unspecified atom stereocenters. The molecule has 3 aromatic heterocycles. The van der Waals surface area contributed by atoms with Gasteiger partial charge in [0.2, 0.25) is 14.9 Å². The van der Waals surface area contributed by atoms with Crippen molar-refractivity contribution in [3.63, 3.8) is 0 Å². The largest absolute Gasteiger partial charge is 0.365 e. The quantitative estimate of drug-likeness (QED) is 0.383. The lowest BCUT2D eigenvalue weighted by molar-refractivity contribution is 0.580. The number of halogens is 3. The summed E-state index contributed by atoms with van der Waals surface area (Å²) in [5, 5.41) is 12.8. The zero-order valence-corrected chi connectivity index (χ0v) is 18.3. The van der Waals surface area contributed by atoms with Crippen LogP contribution in [0, 0.1) is 11.6 Å². The lowest BCUT2D eigenvalue weighted by atomic mass is 10.2. The van der Waals surface area contributed by atoms with Gasteiger partial charge in [0.05, 0.1) is 15.1 Å². The minimum Gasteiger partial charge on any atom is -0.365 e. The van der Waals surface area contributed by atoms with Gasteiger partial charge in [-0.05, 0) is 53.4 Å². The van der Waals surface area contributed by atoms with Crippen LogP contribution in [0.2, 0.25) is 5.02 Å². The predicted molar refractivity (Wildman–Crippen MR) is 117 cm³/mol. The molecule has 0 amide bonds. The van der Waals surface area contributed by atoms with Crippen LogP contribution in [0.4, 0.5) is 14.6 Å². The smallest absolute Gasteiger partial charge is 0.229 e. The maximum absolute atomic E-state index is 13.5. The third-order valence-electron chi connectivity index (χ3n) is 4.68. The molecule has 2 aromatic carbocycles. The number of rotatable bonds is 5. The first-order chi connectivity index (χ1) is 15.3. The number of sulfone groups is 1. The van der Waals surface area contributed by atoms with E-state index in [9.17, 15) is 17.2 Å². The van der Waals surface area contributed by atoms with Gasteiger partial charge in [0, 0.05) is 17.6 Å². The number of benzene rings is 2. The van der Waals surface area contributed by atoms with Crippen molar-refractivity contribution in [1.82, 2.24) is 19.8 Å². The van der Waals surface area contributed by atoms with Gasteiger partial charge in [-0.15, -0.1) is 16.4 Å². The highest BCUT2D eigenvalue weighted by atomic mass is 35.5. The summed E-state index contributed by atoms with van der Waals surface area (Å²) < 4.78 is 55.4. The molecule has 0 aliphatic heterocycles. The lowest BCUT2D eigenvalue weighted by Gasteiger charge is -2.09. The molecule has 0 fully saturated rings. The molecule has 5 aromatic rings. The van der Waals surface area contributed by atoms with E-state index in [0.717, 1.165) is 6.07 Å². The summed E-state index contributed by atoms with van der Waals surface area (Å²) in [5.41, 5.74) is 0.992. The highest BCUT2D eigenvalue weighted by molar-refractivity contribution is 7.91. The van der Waals surface area contributed by atoms with Crippen molar-refractivity contribution in [3.05, 3.63) is 76.1 Å². The van der Waals surface area contributed by atoms with Crippen LogP contribution in [0.15, 0.2) is 63.8 Å². The highest BCUT2D eigenvalue weighted by Crippen LogP contribution is 2.31. The number of thiophene rings is 1. The number of fused-ring (bicyclic) bond motifs is 3. The Morgan fingerprint density at radius 3 is 2.50 bits per heavy atom. The van der Waals surface area contributed by atoms with E-state index in [2.05, 4.69) is 20.6 Å². The molecule has 0 atom stereocenters. The fraction of sp³-hybridized carbons (Fsp3) is 0.0500. The summed E-state index contributed by atoms with van der Waals surface area (Å²) >= 11 is 7.23. The Labute approximate surface area is 189 Å². The molecule has 0 aliphatic rings. The van der Waals surface area contributed by atoms with Gasteiger partial charge in [-0.25, -0.2) is 22.2 Å². The van der Waals surface area contributed by atoms with E-state index in [0.29, 0.717) is 26.6 Å². The van der Waals surface area contributed by atoms with E-state index >= 15 is 0 Å². The zero-order chi connectivity index (χ0) is 22.5. The zero-order valence-electron chi connectivity index (χ0n) is 16.0. The monoisotopic (exact) mass is 491 g/mol. The van der Waals surface area contributed by atoms with Gasteiger partial charge in [-0.2, -0.15) is 4.52 Å². The Bertz CT molecular complexity index is 1560. The molecule has 7 nitrogen and oxygen atoms in total. The van der Waals surface area contributed by atoms with E-state index in [4.69, 9.17) is 11.6 Å². The van der Waals surface area contributed by atoms with Crippen LogP contribution in [0.25, 0.3) is 15.9 Å². The molecule has 12 heteroatoms. The predicted octanol–water partition coefficient (Wildman–Crippen LogP) is 4.72. The third kappa shape index (κ3) is 3.57. The average molecular weight is 492 g/mol. The van der Waals surface area contributed by atoms with Gasteiger partial charge in [0.15, 0.2) is 5.65 Å². The van der Waals surface area contributed by atoms with E-state index in [1.54, 1.807) is 11.4 Å². The van der Waals surface area contributed by atoms with Crippen LogP contribution in [0.1, 0.15) is 5.56 Å². The second-order valence-electron chi connectivity index (χ2n) is 6.81. The number of hydrogen-bond donors (Lipinski definition) is 1. The first kappa shape index (κ1) is 20.7. The van der Waals surface area contributed by atoms with Crippen molar-refractivity contribution in [2.75, 3.05) is 5.32 Å². The van der Waals surface area contributed by atoms with Gasteiger partial charge in [0.1, 0.15) is 17.5 Å². The Balaban J connectivity index is 1.61. The van der Waals surface area contributed by atoms with Crippen molar-refractivity contribution in [1.29, 1.82) is 0 Å². The van der Waals surface area contributed by atoms with Crippen molar-refractivity contribution in [2.45, 2.75) is 16.5 Å². The fourth-order valence-electron chi connectivity index (χ4n) is 3.24. The molecule has 3 heterocycles. The molecule has 0 bridgehead atoms. The second-order valence-corrected chi connectivity index (χ2v) is 10.0. The van der Waals surface area contributed by atoms with Crippen LogP contribution >= 0.6 is 22.9 Å². The van der Waals surface area contributed by atoms with E-state index in [-0.39, 0.29) is 22.1 Å². The lowest BCUT2D eigenvalue weighted by Crippen LogP contribution is -2.07. The number of hydrogen-bond acceptors (Lipinski definition) is 7. The van der Waals surface area contributed by atoms with Gasteiger partial charge in [0.25, 0.3) is 0 Å². The minimum absolute atomic E-state index is 0.00117. The molecule has 162 valence electrons. The van der Waals surface area contributed by atoms with Crippen LogP contribution in [0.5, 0.6) is 0 Å². The molecule has 0 spiro atoms. The summed E-state index contributed by atoms with van der Waals surface area (Å²) in [6, 6.07) is 10.7. The Morgan fingerprint density at radius 2 is 1.78 bits per heavy atom. The van der Waals surface area contributed by atoms with Crippen molar-refractivity contribution < 1.29 is 17.2 Å². The molecule has 0 saturated carbocycles. The number of anilines is 1. The molecular formula is C20H12ClF2N5O2S2. The molecule has 5 rings (SSSR count). The van der Waals surface area contributed by atoms with E-state index in [1.165, 1.54) is 52.3 Å². The van der Waals surface area contributed by atoms with Gasteiger partial charge >= 0.3 is 0 Å². The summed E-state index contributed by atoms with van der Waals surface area (Å²) in [5.74, 6) is -1.03. The number of nitrogens with one attached hydrogen (secondary N) is 1. The number of aromatic nitrogens is 4. The van der Waals surface area contributed by atoms with Gasteiger partial charge in [-0.1, -0.05) is 16.8 Å². The third-order valence-corrected chi connectivity index (χ3v) is 7.51. The van der Waals surface area contributed by atoms with Crippen molar-refractivity contribution >= 4 is 54.5 Å². The molecule has 32 heavy (non-hydrogen) atoms. The van der Waals surface area contributed by atoms with Crippen molar-refractivity contribution in [3.8, 4) is 0 Å². The molecule has 0 saturated heterocycles. The summed E-state index contributed by atoms with van der Waals surface area (Å²) in [4.78, 5) is 4.45. The summed E-state index contributed by atoms with van der Waals surface area (Å²) in [6.45, 7) is 0.0751. The summed E-state index contributed by atoms with van der Waals surface area (Å²) in [7, 11) is -4.02. The van der Waals surface area contributed by atoms with Gasteiger partial charge in [-0.3, -0.25) is 0 Å². The Hall–Kier alpha value is -3.15. The maximum Gasteiger partial charge on any atom is 0.229 e. The minimum atomic E-state index is -4.02. The van der Waals surface area contributed by atoms with Gasteiger partial charge < -0.3 is 5.32 Å². The maximum atomic E-state index is 13.5. The highest BCUT2D eigenvalue weighted by Gasteiger charge is 2.27. The molecule has 1 N–H and O–H groups in total. The molecular weight excluding hydrogens is 480 g/mol. The van der Waals surface area contributed by atoms with Crippen LogP contribution in [-0.4, -0.2) is 28.2 Å². The Morgan fingerprint density at radius 1 is 1.06 bits per heavy atom. The standard InChI is InChI=1S/C20H12ClF2N5O2S2/c21-12-1-3-15(4-2-12)32(29,30)20-19-25-18(17-16(5-6-31-17)28(19)27-26-20)24-10-11-7-13(22)9-14(23)8-11/h1-9H,10H2,(H,24,25). The average Bonchev–Trinajstić information content (AvgIpc) is 3.39. The fourth-order valence-corrected chi connectivity index (χ4v) is 5.44. The first-order valence-corrected chi connectivity index (χ1v) is 11.9.